The molecular weight excluding hydrogens is 402 g/mol. The van der Waals surface area contributed by atoms with Crippen LogP contribution in [-0.2, 0) is 16.6 Å². The van der Waals surface area contributed by atoms with E-state index in [2.05, 4.69) is 41.5 Å². The summed E-state index contributed by atoms with van der Waals surface area (Å²) in [7, 11) is 2.22. The Morgan fingerprint density at radius 1 is 1.07 bits per heavy atom. The van der Waals surface area contributed by atoms with Crippen molar-refractivity contribution in [2.75, 3.05) is 34.2 Å². The number of rotatable bonds is 9. The van der Waals surface area contributed by atoms with Crippen molar-refractivity contribution < 1.29 is 8.42 Å². The number of hydrazine groups is 1. The summed E-state index contributed by atoms with van der Waals surface area (Å²) >= 11 is 0. The van der Waals surface area contributed by atoms with Crippen LogP contribution >= 0.6 is 0 Å². The lowest BCUT2D eigenvalue weighted by Crippen LogP contribution is -2.34. The van der Waals surface area contributed by atoms with Crippen molar-refractivity contribution in [3.8, 4) is 11.1 Å². The first kappa shape index (κ1) is 23.8. The van der Waals surface area contributed by atoms with Gasteiger partial charge in [-0.05, 0) is 63.4 Å². The lowest BCUT2D eigenvalue weighted by atomic mass is 9.98. The highest BCUT2D eigenvalue weighted by molar-refractivity contribution is 7.89. The van der Waals surface area contributed by atoms with Crippen LogP contribution in [0.5, 0.6) is 0 Å². The van der Waals surface area contributed by atoms with Crippen LogP contribution in [0.2, 0.25) is 0 Å². The molecule has 0 aliphatic carbocycles. The number of primary sulfonamides is 1. The van der Waals surface area contributed by atoms with Gasteiger partial charge in [-0.15, -0.1) is 0 Å². The molecule has 0 unspecified atom stereocenters. The Morgan fingerprint density at radius 2 is 1.73 bits per heavy atom. The predicted octanol–water partition coefficient (Wildman–Crippen LogP) is 0.468. The number of sulfonamides is 1. The Kier molecular flexibility index (Phi) is 8.33. The third kappa shape index (κ3) is 6.25. The third-order valence-corrected chi connectivity index (χ3v) is 5.65. The zero-order valence-corrected chi connectivity index (χ0v) is 18.5. The van der Waals surface area contributed by atoms with Gasteiger partial charge in [0.15, 0.2) is 5.84 Å². The molecule has 164 valence electrons. The molecular formula is C20H31N7O2S. The number of hydrogen-bond donors (Lipinski definition) is 4. The molecule has 2 aromatic rings. The second kappa shape index (κ2) is 10.5. The predicted molar refractivity (Wildman–Crippen MR) is 121 cm³/mol. The van der Waals surface area contributed by atoms with Crippen LogP contribution in [0.25, 0.3) is 11.1 Å². The van der Waals surface area contributed by atoms with Crippen LogP contribution in [0.1, 0.15) is 17.5 Å². The Hall–Kier alpha value is -2.50. The minimum absolute atomic E-state index is 0.0272. The van der Waals surface area contributed by atoms with Gasteiger partial charge in [0.05, 0.1) is 4.90 Å². The van der Waals surface area contributed by atoms with Gasteiger partial charge >= 0.3 is 0 Å². The van der Waals surface area contributed by atoms with E-state index in [4.69, 9.17) is 16.8 Å². The van der Waals surface area contributed by atoms with Crippen LogP contribution < -0.4 is 22.3 Å². The molecule has 0 radical (unpaired) electrons. The zero-order chi connectivity index (χ0) is 22.3. The molecule has 0 aliphatic heterocycles. The van der Waals surface area contributed by atoms with Gasteiger partial charge in [0.2, 0.25) is 10.0 Å². The van der Waals surface area contributed by atoms with Crippen molar-refractivity contribution in [3.63, 3.8) is 0 Å². The summed E-state index contributed by atoms with van der Waals surface area (Å²) < 4.78 is 24.2. The van der Waals surface area contributed by atoms with Crippen LogP contribution in [0, 0.1) is 0 Å². The number of amidine groups is 1. The number of benzene rings is 2. The fourth-order valence-electron chi connectivity index (χ4n) is 3.26. The minimum atomic E-state index is -4.01. The fourth-order valence-corrected chi connectivity index (χ4v) is 4.02. The average molecular weight is 434 g/mol. The van der Waals surface area contributed by atoms with Crippen molar-refractivity contribution in [1.29, 1.82) is 0 Å². The SMILES string of the molecule is CN(C)CCCN(C)Cc1ccc(-c2cccc(S(N)(=O)=O)c2C(=NN)NN)cc1. The van der Waals surface area contributed by atoms with E-state index in [1.54, 1.807) is 12.1 Å². The molecule has 0 fully saturated rings. The number of hydrogen-bond acceptors (Lipinski definition) is 7. The maximum atomic E-state index is 12.1. The van der Waals surface area contributed by atoms with Crippen molar-refractivity contribution in [1.82, 2.24) is 15.2 Å². The fraction of sp³-hybridized carbons (Fsp3) is 0.350. The molecule has 0 atom stereocenters. The monoisotopic (exact) mass is 433 g/mol. The molecule has 2 rings (SSSR count). The maximum absolute atomic E-state index is 12.1. The van der Waals surface area contributed by atoms with E-state index in [9.17, 15) is 8.42 Å². The van der Waals surface area contributed by atoms with Gasteiger partial charge < -0.3 is 21.1 Å². The molecule has 9 nitrogen and oxygen atoms in total. The van der Waals surface area contributed by atoms with Gasteiger partial charge in [-0.3, -0.25) is 0 Å². The van der Waals surface area contributed by atoms with Crippen molar-refractivity contribution in [2.24, 2.45) is 21.9 Å². The molecule has 0 aliphatic rings. The van der Waals surface area contributed by atoms with Gasteiger partial charge in [0.1, 0.15) is 0 Å². The topological polar surface area (TPSA) is 143 Å². The number of nitrogens with two attached hydrogens (primary N) is 3. The van der Waals surface area contributed by atoms with E-state index >= 15 is 0 Å². The van der Waals surface area contributed by atoms with Crippen LogP contribution in [0.4, 0.5) is 0 Å². The largest absolute Gasteiger partial charge is 0.321 e. The first-order chi connectivity index (χ1) is 14.2. The van der Waals surface area contributed by atoms with E-state index in [0.29, 0.717) is 5.56 Å². The minimum Gasteiger partial charge on any atom is -0.321 e. The Balaban J connectivity index is 2.32. The Labute approximate surface area is 178 Å². The second-order valence-electron chi connectivity index (χ2n) is 7.44. The molecule has 0 saturated heterocycles. The molecule has 0 aromatic heterocycles. The van der Waals surface area contributed by atoms with Gasteiger partial charge in [-0.1, -0.05) is 36.4 Å². The Bertz CT molecular complexity index is 973. The molecule has 30 heavy (non-hydrogen) atoms. The van der Waals surface area contributed by atoms with E-state index in [1.807, 2.05) is 24.3 Å². The molecule has 0 spiro atoms. The standard InChI is InChI=1S/C20H31N7O2S/c1-26(2)12-5-13-27(3)14-15-8-10-16(11-9-15)17-6-4-7-18(30(23,28)29)19(17)20(24-21)25-22/h4,6-11H,5,12-14,21-22H2,1-3H3,(H,24,25)(H2,23,28,29). The van der Waals surface area contributed by atoms with E-state index in [-0.39, 0.29) is 16.3 Å². The third-order valence-electron chi connectivity index (χ3n) is 4.70. The number of nitrogens with one attached hydrogen (secondary N) is 1. The van der Waals surface area contributed by atoms with Crippen LogP contribution in [-0.4, -0.2) is 58.3 Å². The van der Waals surface area contributed by atoms with Crippen molar-refractivity contribution >= 4 is 15.9 Å². The quantitative estimate of drug-likeness (QED) is 0.195. The number of hydrazone groups is 1. The highest BCUT2D eigenvalue weighted by Gasteiger charge is 2.22. The van der Waals surface area contributed by atoms with Gasteiger partial charge in [-0.25, -0.2) is 19.4 Å². The van der Waals surface area contributed by atoms with E-state index in [1.165, 1.54) is 6.07 Å². The first-order valence-electron chi connectivity index (χ1n) is 9.50. The summed E-state index contributed by atoms with van der Waals surface area (Å²) in [5.41, 5.74) is 5.14. The molecule has 10 heteroatoms. The molecule has 0 bridgehead atoms. The van der Waals surface area contributed by atoms with E-state index in [0.717, 1.165) is 37.2 Å². The summed E-state index contributed by atoms with van der Waals surface area (Å²) in [5, 5.41) is 8.97. The van der Waals surface area contributed by atoms with Gasteiger partial charge in [0.25, 0.3) is 0 Å². The first-order valence-corrected chi connectivity index (χ1v) is 11.0. The summed E-state index contributed by atoms with van der Waals surface area (Å²) in [4.78, 5) is 4.33. The maximum Gasteiger partial charge on any atom is 0.238 e. The second-order valence-corrected chi connectivity index (χ2v) is 8.97. The van der Waals surface area contributed by atoms with Crippen molar-refractivity contribution in [3.05, 3.63) is 53.6 Å². The van der Waals surface area contributed by atoms with Gasteiger partial charge in [0, 0.05) is 12.1 Å². The molecule has 0 saturated carbocycles. The Morgan fingerprint density at radius 3 is 2.27 bits per heavy atom. The zero-order valence-electron chi connectivity index (χ0n) is 17.7. The normalized spacial score (nSPS) is 12.6. The summed E-state index contributed by atoms with van der Waals surface area (Å²) in [6.45, 7) is 2.86. The van der Waals surface area contributed by atoms with Crippen LogP contribution in [0.15, 0.2) is 52.5 Å². The highest BCUT2D eigenvalue weighted by atomic mass is 32.2. The lowest BCUT2D eigenvalue weighted by molar-refractivity contribution is 0.294. The van der Waals surface area contributed by atoms with Crippen LogP contribution in [0.3, 0.4) is 0 Å². The van der Waals surface area contributed by atoms with Gasteiger partial charge in [-0.2, -0.15) is 5.10 Å². The molecule has 2 aromatic carbocycles. The highest BCUT2D eigenvalue weighted by Crippen LogP contribution is 2.29. The summed E-state index contributed by atoms with van der Waals surface area (Å²) in [5.74, 6) is 10.9. The molecule has 7 N–H and O–H groups in total. The molecule has 0 heterocycles. The van der Waals surface area contributed by atoms with Crippen molar-refractivity contribution in [2.45, 2.75) is 17.9 Å². The average Bonchev–Trinajstić information content (AvgIpc) is 2.68. The number of nitrogens with zero attached hydrogens (tertiary/aromatic N) is 3. The molecule has 0 amide bonds. The lowest BCUT2D eigenvalue weighted by Gasteiger charge is -2.19. The smallest absolute Gasteiger partial charge is 0.238 e. The summed E-state index contributed by atoms with van der Waals surface area (Å²) in [6.07, 6.45) is 1.10. The van der Waals surface area contributed by atoms with E-state index < -0.39 is 10.0 Å². The summed E-state index contributed by atoms with van der Waals surface area (Å²) in [6, 6.07) is 12.7.